The zero-order valence-electron chi connectivity index (χ0n) is 7.18. The Morgan fingerprint density at radius 2 is 2.09 bits per heavy atom. The maximum atomic E-state index is 11.2. The molecular weight excluding hydrogens is 140 g/mol. The van der Waals surface area contributed by atoms with Crippen molar-refractivity contribution in [3.63, 3.8) is 0 Å². The minimum atomic E-state index is -0.271. The SMILES string of the molecule is CC(C)(C(=O)NN)C1CCC1. The maximum absolute atomic E-state index is 11.2. The lowest BCUT2D eigenvalue weighted by atomic mass is 9.67. The molecule has 1 aliphatic carbocycles. The van der Waals surface area contributed by atoms with E-state index in [1.807, 2.05) is 13.8 Å². The molecule has 1 amide bonds. The average molecular weight is 156 g/mol. The van der Waals surface area contributed by atoms with Crippen molar-refractivity contribution in [1.82, 2.24) is 5.43 Å². The predicted molar refractivity (Wildman–Crippen MR) is 43.5 cm³/mol. The van der Waals surface area contributed by atoms with Gasteiger partial charge in [-0.15, -0.1) is 0 Å². The van der Waals surface area contributed by atoms with E-state index in [1.54, 1.807) is 0 Å². The van der Waals surface area contributed by atoms with Gasteiger partial charge in [0.1, 0.15) is 0 Å². The largest absolute Gasteiger partial charge is 0.294 e. The third-order valence-corrected chi connectivity index (χ3v) is 2.84. The summed E-state index contributed by atoms with van der Waals surface area (Å²) in [5.41, 5.74) is 1.94. The Balaban J connectivity index is 2.56. The zero-order valence-corrected chi connectivity index (χ0v) is 7.18. The molecule has 0 spiro atoms. The van der Waals surface area contributed by atoms with Gasteiger partial charge in [-0.3, -0.25) is 10.2 Å². The summed E-state index contributed by atoms with van der Waals surface area (Å²) in [6.07, 6.45) is 3.59. The van der Waals surface area contributed by atoms with E-state index in [4.69, 9.17) is 5.84 Å². The van der Waals surface area contributed by atoms with Gasteiger partial charge in [0.25, 0.3) is 0 Å². The Morgan fingerprint density at radius 1 is 1.55 bits per heavy atom. The molecule has 0 bridgehead atoms. The fourth-order valence-corrected chi connectivity index (χ4v) is 1.50. The first-order valence-electron chi connectivity index (χ1n) is 4.10. The number of rotatable bonds is 2. The van der Waals surface area contributed by atoms with Crippen LogP contribution in [0.4, 0.5) is 0 Å². The standard InChI is InChI=1S/C8H16N2O/c1-8(2,7(11)10-9)6-4-3-5-6/h6H,3-5,9H2,1-2H3,(H,10,11). The van der Waals surface area contributed by atoms with E-state index in [2.05, 4.69) is 5.43 Å². The highest BCUT2D eigenvalue weighted by Gasteiger charge is 2.39. The molecule has 64 valence electrons. The van der Waals surface area contributed by atoms with Crippen LogP contribution >= 0.6 is 0 Å². The molecule has 0 saturated heterocycles. The van der Waals surface area contributed by atoms with Gasteiger partial charge in [-0.2, -0.15) is 0 Å². The second-order valence-corrected chi connectivity index (χ2v) is 3.82. The number of amides is 1. The topological polar surface area (TPSA) is 55.1 Å². The Hall–Kier alpha value is -0.570. The van der Waals surface area contributed by atoms with Crippen molar-refractivity contribution in [1.29, 1.82) is 0 Å². The monoisotopic (exact) mass is 156 g/mol. The second-order valence-electron chi connectivity index (χ2n) is 3.82. The molecule has 1 fully saturated rings. The van der Waals surface area contributed by atoms with Gasteiger partial charge in [0.05, 0.1) is 0 Å². The molecule has 0 unspecified atom stereocenters. The number of carbonyl (C=O) groups excluding carboxylic acids is 1. The van der Waals surface area contributed by atoms with E-state index in [0.29, 0.717) is 5.92 Å². The Labute approximate surface area is 67.3 Å². The fourth-order valence-electron chi connectivity index (χ4n) is 1.50. The molecule has 3 heteroatoms. The number of hydrogen-bond donors (Lipinski definition) is 2. The van der Waals surface area contributed by atoms with Gasteiger partial charge >= 0.3 is 0 Å². The summed E-state index contributed by atoms with van der Waals surface area (Å²) in [7, 11) is 0. The average Bonchev–Trinajstić information content (AvgIpc) is 1.81. The molecule has 1 saturated carbocycles. The molecule has 1 aliphatic rings. The van der Waals surface area contributed by atoms with Crippen molar-refractivity contribution in [2.45, 2.75) is 33.1 Å². The molecule has 3 nitrogen and oxygen atoms in total. The molecule has 0 aromatic rings. The van der Waals surface area contributed by atoms with Crippen LogP contribution in [-0.4, -0.2) is 5.91 Å². The molecule has 0 radical (unpaired) electrons. The van der Waals surface area contributed by atoms with Gasteiger partial charge in [-0.1, -0.05) is 20.3 Å². The molecule has 11 heavy (non-hydrogen) atoms. The summed E-state index contributed by atoms with van der Waals surface area (Å²) in [4.78, 5) is 11.2. The third kappa shape index (κ3) is 1.38. The Kier molecular flexibility index (Phi) is 2.18. The number of nitrogens with two attached hydrogens (primary N) is 1. The van der Waals surface area contributed by atoms with Crippen LogP contribution in [0.15, 0.2) is 0 Å². The summed E-state index contributed by atoms with van der Waals surface area (Å²) >= 11 is 0. The number of hydrogen-bond acceptors (Lipinski definition) is 2. The molecule has 0 atom stereocenters. The number of hydrazine groups is 1. The smallest absolute Gasteiger partial charge is 0.239 e. The van der Waals surface area contributed by atoms with Crippen LogP contribution in [0.2, 0.25) is 0 Å². The fraction of sp³-hybridized carbons (Fsp3) is 0.875. The highest BCUT2D eigenvalue weighted by molar-refractivity contribution is 5.81. The van der Waals surface area contributed by atoms with Crippen molar-refractivity contribution in [2.24, 2.45) is 17.2 Å². The Bertz CT molecular complexity index is 161. The van der Waals surface area contributed by atoms with Gasteiger partial charge in [0.2, 0.25) is 5.91 Å². The minimum Gasteiger partial charge on any atom is -0.294 e. The highest BCUT2D eigenvalue weighted by Crippen LogP contribution is 2.41. The molecular formula is C8H16N2O. The van der Waals surface area contributed by atoms with Gasteiger partial charge in [-0.25, -0.2) is 5.84 Å². The van der Waals surface area contributed by atoms with E-state index in [9.17, 15) is 4.79 Å². The summed E-state index contributed by atoms with van der Waals surface area (Å²) in [5, 5.41) is 0. The maximum Gasteiger partial charge on any atom is 0.239 e. The predicted octanol–water partition coefficient (Wildman–Crippen LogP) is 0.803. The van der Waals surface area contributed by atoms with E-state index in [-0.39, 0.29) is 11.3 Å². The van der Waals surface area contributed by atoms with Crippen molar-refractivity contribution in [3.05, 3.63) is 0 Å². The molecule has 1 rings (SSSR count). The molecule has 3 N–H and O–H groups in total. The lowest BCUT2D eigenvalue weighted by Gasteiger charge is -2.38. The molecule has 0 aromatic heterocycles. The normalized spacial score (nSPS) is 19.2. The minimum absolute atomic E-state index is 0.0396. The van der Waals surface area contributed by atoms with Gasteiger partial charge in [-0.05, 0) is 18.8 Å². The van der Waals surface area contributed by atoms with Crippen molar-refractivity contribution >= 4 is 5.91 Å². The number of carbonyl (C=O) groups is 1. The van der Waals surface area contributed by atoms with Crippen LogP contribution < -0.4 is 11.3 Å². The van der Waals surface area contributed by atoms with Crippen molar-refractivity contribution in [3.8, 4) is 0 Å². The van der Waals surface area contributed by atoms with Gasteiger partial charge < -0.3 is 0 Å². The van der Waals surface area contributed by atoms with Crippen LogP contribution in [-0.2, 0) is 4.79 Å². The zero-order chi connectivity index (χ0) is 8.48. The lowest BCUT2D eigenvalue weighted by Crippen LogP contribution is -2.46. The van der Waals surface area contributed by atoms with E-state index in [0.717, 1.165) is 0 Å². The summed E-state index contributed by atoms with van der Waals surface area (Å²) in [6, 6.07) is 0. The van der Waals surface area contributed by atoms with Crippen molar-refractivity contribution in [2.75, 3.05) is 0 Å². The molecule has 0 heterocycles. The van der Waals surface area contributed by atoms with E-state index in [1.165, 1.54) is 19.3 Å². The lowest BCUT2D eigenvalue weighted by molar-refractivity contribution is -0.134. The highest BCUT2D eigenvalue weighted by atomic mass is 16.2. The van der Waals surface area contributed by atoms with E-state index < -0.39 is 0 Å². The van der Waals surface area contributed by atoms with Gasteiger partial charge in [0, 0.05) is 5.41 Å². The summed E-state index contributed by atoms with van der Waals surface area (Å²) in [5.74, 6) is 5.57. The second kappa shape index (κ2) is 2.81. The van der Waals surface area contributed by atoms with Crippen LogP contribution in [0, 0.1) is 11.3 Å². The summed E-state index contributed by atoms with van der Waals surface area (Å²) < 4.78 is 0. The van der Waals surface area contributed by atoms with E-state index >= 15 is 0 Å². The Morgan fingerprint density at radius 3 is 2.36 bits per heavy atom. The summed E-state index contributed by atoms with van der Waals surface area (Å²) in [6.45, 7) is 3.91. The first kappa shape index (κ1) is 8.53. The van der Waals surface area contributed by atoms with Crippen LogP contribution in [0.1, 0.15) is 33.1 Å². The first-order chi connectivity index (χ1) is 5.09. The molecule has 0 aromatic carbocycles. The van der Waals surface area contributed by atoms with Crippen LogP contribution in [0.3, 0.4) is 0 Å². The molecule has 0 aliphatic heterocycles. The van der Waals surface area contributed by atoms with Gasteiger partial charge in [0.15, 0.2) is 0 Å². The number of nitrogens with one attached hydrogen (secondary N) is 1. The van der Waals surface area contributed by atoms with Crippen molar-refractivity contribution < 1.29 is 4.79 Å². The van der Waals surface area contributed by atoms with Crippen LogP contribution in [0.5, 0.6) is 0 Å². The third-order valence-electron chi connectivity index (χ3n) is 2.84. The quantitative estimate of drug-likeness (QED) is 0.353. The first-order valence-corrected chi connectivity index (χ1v) is 4.10. The van der Waals surface area contributed by atoms with Crippen LogP contribution in [0.25, 0.3) is 0 Å².